The molecule has 33 heavy (non-hydrogen) atoms. The van der Waals surface area contributed by atoms with Gasteiger partial charge in [0.15, 0.2) is 12.6 Å². The molecule has 2 saturated heterocycles. The van der Waals surface area contributed by atoms with E-state index in [1.165, 1.54) is 6.92 Å². The molecule has 2 heterocycles. The second kappa shape index (κ2) is 13.3. The minimum atomic E-state index is -1.61. The summed E-state index contributed by atoms with van der Waals surface area (Å²) in [6.45, 7) is 5.13. The minimum absolute atomic E-state index is 0.269. The Hall–Kier alpha value is -0.890. The van der Waals surface area contributed by atoms with E-state index in [1.807, 2.05) is 0 Å². The molecule has 0 bridgehead atoms. The fourth-order valence-electron chi connectivity index (χ4n) is 4.13. The van der Waals surface area contributed by atoms with E-state index in [1.54, 1.807) is 6.92 Å². The molecule has 11 nitrogen and oxygen atoms in total. The molecule has 0 radical (unpaired) electrons. The predicted molar refractivity (Wildman–Crippen MR) is 114 cm³/mol. The highest BCUT2D eigenvalue weighted by Crippen LogP contribution is 2.30. The van der Waals surface area contributed by atoms with E-state index >= 15 is 0 Å². The van der Waals surface area contributed by atoms with Crippen LogP contribution in [0.15, 0.2) is 0 Å². The molecule has 0 amide bonds. The third-order valence-corrected chi connectivity index (χ3v) is 6.24. The predicted octanol–water partition coefficient (Wildman–Crippen LogP) is -0.114. The highest BCUT2D eigenvalue weighted by atomic mass is 16.7. The van der Waals surface area contributed by atoms with Gasteiger partial charge < -0.3 is 49.6 Å². The first-order chi connectivity index (χ1) is 15.6. The molecular weight excluding hydrogens is 440 g/mol. The van der Waals surface area contributed by atoms with Crippen molar-refractivity contribution in [2.24, 2.45) is 0 Å². The molecule has 0 spiro atoms. The zero-order valence-electron chi connectivity index (χ0n) is 19.5. The van der Waals surface area contributed by atoms with E-state index in [4.69, 9.17) is 18.9 Å². The fourth-order valence-corrected chi connectivity index (χ4v) is 4.13. The summed E-state index contributed by atoms with van der Waals surface area (Å²) in [6, 6.07) is 0. The maximum Gasteiger partial charge on any atom is 0.305 e. The molecule has 0 aromatic heterocycles. The summed E-state index contributed by atoms with van der Waals surface area (Å²) in [7, 11) is 0. The molecule has 2 rings (SSSR count). The molecule has 2 aliphatic rings. The van der Waals surface area contributed by atoms with Gasteiger partial charge in [-0.2, -0.15) is 0 Å². The number of unbranched alkanes of at least 4 members (excludes halogenated alkanes) is 4. The second-order valence-corrected chi connectivity index (χ2v) is 9.03. The summed E-state index contributed by atoms with van der Waals surface area (Å²) in [4.78, 5) is 11.3. The number of rotatable bonds is 12. The van der Waals surface area contributed by atoms with E-state index < -0.39 is 73.5 Å². The Morgan fingerprint density at radius 3 is 2.06 bits per heavy atom. The summed E-state index contributed by atoms with van der Waals surface area (Å²) in [5.74, 6) is -1.04. The maximum absolute atomic E-state index is 11.3. The second-order valence-electron chi connectivity index (χ2n) is 9.03. The Morgan fingerprint density at radius 1 is 0.818 bits per heavy atom. The number of aliphatic carboxylic acids is 1. The number of ether oxygens (including phenoxy) is 4. The number of hydrogen-bond acceptors (Lipinski definition) is 10. The van der Waals surface area contributed by atoms with Gasteiger partial charge >= 0.3 is 5.97 Å². The van der Waals surface area contributed by atoms with Crippen molar-refractivity contribution in [2.75, 3.05) is 0 Å². The van der Waals surface area contributed by atoms with Gasteiger partial charge in [0.2, 0.25) is 0 Å². The molecule has 11 atom stereocenters. The lowest BCUT2D eigenvalue weighted by atomic mass is 9.97. The van der Waals surface area contributed by atoms with E-state index in [9.17, 15) is 35.4 Å². The van der Waals surface area contributed by atoms with Crippen LogP contribution >= 0.6 is 0 Å². The number of carboxylic acids is 1. The standard InChI is InChI=1S/C22H40O11/c1-4-5-6-7-8-9-13(10-14(23)24)32-22-19(29)20(16(26)12(3)31-22)33-21-18(28)17(27)15(25)11(2)30-21/h11-13,15-22,25-29H,4-10H2,1-3H3,(H,23,24). The quantitative estimate of drug-likeness (QED) is 0.205. The fraction of sp³-hybridized carbons (Fsp3) is 0.955. The van der Waals surface area contributed by atoms with Crippen molar-refractivity contribution in [2.45, 2.75) is 133 Å². The van der Waals surface area contributed by atoms with Crippen LogP contribution in [0.3, 0.4) is 0 Å². The van der Waals surface area contributed by atoms with Gasteiger partial charge in [-0.25, -0.2) is 0 Å². The molecule has 6 N–H and O–H groups in total. The average molecular weight is 481 g/mol. The smallest absolute Gasteiger partial charge is 0.305 e. The van der Waals surface area contributed by atoms with Gasteiger partial charge in [0.05, 0.1) is 24.7 Å². The van der Waals surface area contributed by atoms with Crippen molar-refractivity contribution in [1.82, 2.24) is 0 Å². The van der Waals surface area contributed by atoms with Crippen LogP contribution in [0.25, 0.3) is 0 Å². The Bertz CT molecular complexity index is 591. The van der Waals surface area contributed by atoms with E-state index in [2.05, 4.69) is 6.92 Å². The third kappa shape index (κ3) is 7.81. The van der Waals surface area contributed by atoms with Gasteiger partial charge in [-0.15, -0.1) is 0 Å². The largest absolute Gasteiger partial charge is 0.481 e. The summed E-state index contributed by atoms with van der Waals surface area (Å²) in [5, 5.41) is 60.6. The monoisotopic (exact) mass is 480 g/mol. The first-order valence-corrected chi connectivity index (χ1v) is 11.8. The Labute approximate surface area is 194 Å². The average Bonchev–Trinajstić information content (AvgIpc) is 2.76. The van der Waals surface area contributed by atoms with Gasteiger partial charge in [-0.05, 0) is 20.3 Å². The van der Waals surface area contributed by atoms with Crippen molar-refractivity contribution < 1.29 is 54.4 Å². The van der Waals surface area contributed by atoms with E-state index in [0.717, 1.165) is 32.1 Å². The van der Waals surface area contributed by atoms with E-state index in [0.29, 0.717) is 6.42 Å². The third-order valence-electron chi connectivity index (χ3n) is 6.24. The maximum atomic E-state index is 11.3. The Balaban J connectivity index is 2.04. The minimum Gasteiger partial charge on any atom is -0.481 e. The van der Waals surface area contributed by atoms with Crippen molar-refractivity contribution in [1.29, 1.82) is 0 Å². The summed E-state index contributed by atoms with van der Waals surface area (Å²) < 4.78 is 22.4. The van der Waals surface area contributed by atoms with Gasteiger partial charge in [-0.1, -0.05) is 39.0 Å². The van der Waals surface area contributed by atoms with Crippen molar-refractivity contribution >= 4 is 5.97 Å². The first kappa shape index (κ1) is 28.3. The summed E-state index contributed by atoms with van der Waals surface area (Å²) in [6.07, 6.45) is -8.61. The van der Waals surface area contributed by atoms with Crippen LogP contribution in [0.1, 0.15) is 65.7 Å². The molecule has 194 valence electrons. The zero-order chi connectivity index (χ0) is 24.7. The van der Waals surface area contributed by atoms with Crippen molar-refractivity contribution in [3.63, 3.8) is 0 Å². The number of carbonyl (C=O) groups is 1. The lowest BCUT2D eigenvalue weighted by molar-refractivity contribution is -0.357. The molecule has 11 unspecified atom stereocenters. The van der Waals surface area contributed by atoms with Crippen LogP contribution in [0.5, 0.6) is 0 Å². The number of carboxylic acid groups (broad SMARTS) is 1. The van der Waals surface area contributed by atoms with Crippen LogP contribution in [-0.2, 0) is 23.7 Å². The van der Waals surface area contributed by atoms with Gasteiger partial charge in [-0.3, -0.25) is 4.79 Å². The molecule has 11 heteroatoms. The summed E-state index contributed by atoms with van der Waals surface area (Å²) >= 11 is 0. The van der Waals surface area contributed by atoms with Crippen LogP contribution in [0.4, 0.5) is 0 Å². The normalized spacial score (nSPS) is 40.5. The van der Waals surface area contributed by atoms with Crippen molar-refractivity contribution in [3.8, 4) is 0 Å². The molecule has 2 fully saturated rings. The van der Waals surface area contributed by atoms with Crippen LogP contribution in [-0.4, -0.2) is 104 Å². The molecule has 0 aliphatic carbocycles. The lowest BCUT2D eigenvalue weighted by Crippen LogP contribution is -2.63. The topological polar surface area (TPSA) is 175 Å². The lowest BCUT2D eigenvalue weighted by Gasteiger charge is -2.45. The number of aliphatic hydroxyl groups is 5. The highest BCUT2D eigenvalue weighted by Gasteiger charge is 2.49. The van der Waals surface area contributed by atoms with Crippen LogP contribution < -0.4 is 0 Å². The van der Waals surface area contributed by atoms with Crippen LogP contribution in [0, 0.1) is 0 Å². The Morgan fingerprint density at radius 2 is 1.42 bits per heavy atom. The first-order valence-electron chi connectivity index (χ1n) is 11.8. The van der Waals surface area contributed by atoms with E-state index in [-0.39, 0.29) is 6.42 Å². The number of hydrogen-bond donors (Lipinski definition) is 6. The van der Waals surface area contributed by atoms with Gasteiger partial charge in [0, 0.05) is 0 Å². The SMILES string of the molecule is CCCCCCCC(CC(=O)O)OC1OC(C)C(O)C(OC2OC(C)C(O)C(O)C2O)C1O. The highest BCUT2D eigenvalue weighted by molar-refractivity contribution is 5.67. The molecule has 2 aliphatic heterocycles. The van der Waals surface area contributed by atoms with Crippen molar-refractivity contribution in [3.05, 3.63) is 0 Å². The number of aliphatic hydroxyl groups excluding tert-OH is 5. The molecular formula is C22H40O11. The Kier molecular flexibility index (Phi) is 11.4. The van der Waals surface area contributed by atoms with Gasteiger partial charge in [0.1, 0.15) is 36.6 Å². The summed E-state index contributed by atoms with van der Waals surface area (Å²) in [5.41, 5.74) is 0. The molecule has 0 saturated carbocycles. The van der Waals surface area contributed by atoms with Crippen LogP contribution in [0.2, 0.25) is 0 Å². The zero-order valence-corrected chi connectivity index (χ0v) is 19.5. The molecule has 0 aromatic carbocycles. The molecule has 0 aromatic rings. The van der Waals surface area contributed by atoms with Gasteiger partial charge in [0.25, 0.3) is 0 Å².